The van der Waals surface area contributed by atoms with Crippen LogP contribution >= 0.6 is 0 Å². The van der Waals surface area contributed by atoms with E-state index >= 15 is 0 Å². The quantitative estimate of drug-likeness (QED) is 0.207. The molecule has 3 heteroatoms. The Labute approximate surface area is 233 Å². The summed E-state index contributed by atoms with van der Waals surface area (Å²) in [4.78, 5) is 13.8. The van der Waals surface area contributed by atoms with Crippen LogP contribution < -0.4 is 0 Å². The van der Waals surface area contributed by atoms with Crippen LogP contribution in [-0.2, 0) is 9.22 Å². The smallest absolute Gasteiger partial charge is 0.201 e. The molecule has 3 fully saturated rings. The number of fused-ring (bicyclic) bond motifs is 5. The van der Waals surface area contributed by atoms with E-state index in [0.29, 0.717) is 40.2 Å². The number of rotatable bonds is 6. The van der Waals surface area contributed by atoms with Crippen LogP contribution in [0.15, 0.2) is 47.6 Å². The van der Waals surface area contributed by atoms with Gasteiger partial charge in [0.2, 0.25) is 8.32 Å². The van der Waals surface area contributed by atoms with E-state index < -0.39 is 8.32 Å². The fourth-order valence-electron chi connectivity index (χ4n) is 10.0. The molecule has 0 bridgehead atoms. The van der Waals surface area contributed by atoms with Crippen molar-refractivity contribution in [2.75, 3.05) is 0 Å². The molecule has 0 aliphatic heterocycles. The molecule has 208 valence electrons. The standard InChI is InChI=1S/C35H52O2Si/c1-23(2)38(24(3)4,25(5)6)37-29-16-18-34(7)28(22-29)14-15-30-31(34)17-19-35(8)32(30)21-27(33(35)36)20-26-12-10-9-11-13-26/h9-13,20,22-25,29-32H,14-19,21H2,1-8H3/t29-,30+,31-,32-,34-,35-/m0/s1. The predicted octanol–water partition coefficient (Wildman–Crippen LogP) is 9.77. The first-order valence-corrected chi connectivity index (χ1v) is 17.8. The van der Waals surface area contributed by atoms with Crippen LogP contribution in [0, 0.1) is 28.6 Å². The third-order valence-corrected chi connectivity index (χ3v) is 18.0. The van der Waals surface area contributed by atoms with Crippen LogP contribution in [0.5, 0.6) is 0 Å². The molecule has 0 spiro atoms. The third-order valence-electron chi connectivity index (χ3n) is 11.9. The first-order chi connectivity index (χ1) is 17.9. The molecule has 0 aromatic heterocycles. The molecule has 3 saturated carbocycles. The lowest BCUT2D eigenvalue weighted by Gasteiger charge is -2.57. The summed E-state index contributed by atoms with van der Waals surface area (Å²) in [6, 6.07) is 10.4. The van der Waals surface area contributed by atoms with E-state index in [2.05, 4.69) is 97.9 Å². The number of carbonyl (C=O) groups is 1. The highest BCUT2D eigenvalue weighted by Crippen LogP contribution is 2.65. The van der Waals surface area contributed by atoms with Crippen molar-refractivity contribution in [1.82, 2.24) is 0 Å². The van der Waals surface area contributed by atoms with Gasteiger partial charge in [0.15, 0.2) is 5.78 Å². The average molecular weight is 533 g/mol. The Morgan fingerprint density at radius 2 is 1.50 bits per heavy atom. The molecule has 0 N–H and O–H groups in total. The van der Waals surface area contributed by atoms with E-state index in [4.69, 9.17) is 4.43 Å². The van der Waals surface area contributed by atoms with Gasteiger partial charge in [-0.15, -0.1) is 0 Å². The van der Waals surface area contributed by atoms with Gasteiger partial charge in [-0.1, -0.05) is 97.4 Å². The molecular formula is C35H52O2Si. The first-order valence-electron chi connectivity index (χ1n) is 15.6. The van der Waals surface area contributed by atoms with Gasteiger partial charge in [-0.05, 0) is 102 Å². The summed E-state index contributed by atoms with van der Waals surface area (Å²) in [5.74, 6) is 2.30. The summed E-state index contributed by atoms with van der Waals surface area (Å²) in [7, 11) is -1.89. The molecule has 0 saturated heterocycles. The van der Waals surface area contributed by atoms with E-state index in [1.165, 1.54) is 25.7 Å². The van der Waals surface area contributed by atoms with E-state index in [1.54, 1.807) is 5.57 Å². The van der Waals surface area contributed by atoms with Crippen LogP contribution in [0.4, 0.5) is 0 Å². The van der Waals surface area contributed by atoms with Crippen LogP contribution in [0.3, 0.4) is 0 Å². The maximum Gasteiger partial charge on any atom is 0.201 e. The monoisotopic (exact) mass is 532 g/mol. The van der Waals surface area contributed by atoms with Crippen molar-refractivity contribution in [2.45, 2.75) is 123 Å². The van der Waals surface area contributed by atoms with Crippen molar-refractivity contribution in [3.05, 3.63) is 53.1 Å². The van der Waals surface area contributed by atoms with Crippen molar-refractivity contribution in [3.8, 4) is 0 Å². The second kappa shape index (κ2) is 10.2. The molecule has 4 aliphatic rings. The van der Waals surface area contributed by atoms with Crippen molar-refractivity contribution >= 4 is 20.2 Å². The largest absolute Gasteiger partial charge is 0.410 e. The van der Waals surface area contributed by atoms with Gasteiger partial charge in [0.1, 0.15) is 0 Å². The predicted molar refractivity (Wildman–Crippen MR) is 162 cm³/mol. The Morgan fingerprint density at radius 3 is 2.13 bits per heavy atom. The molecule has 0 unspecified atom stereocenters. The highest BCUT2D eigenvalue weighted by atomic mass is 28.4. The summed E-state index contributed by atoms with van der Waals surface area (Å²) in [6.45, 7) is 19.3. The molecule has 4 aliphatic carbocycles. The lowest BCUT2D eigenvalue weighted by molar-refractivity contribution is -0.130. The molecule has 5 rings (SSSR count). The van der Waals surface area contributed by atoms with Gasteiger partial charge in [-0.3, -0.25) is 4.79 Å². The molecule has 1 aromatic carbocycles. The van der Waals surface area contributed by atoms with Gasteiger partial charge in [0.25, 0.3) is 0 Å². The summed E-state index contributed by atoms with van der Waals surface area (Å²) < 4.78 is 7.27. The van der Waals surface area contributed by atoms with Gasteiger partial charge in [-0.2, -0.15) is 0 Å². The topological polar surface area (TPSA) is 26.3 Å². The number of allylic oxidation sites excluding steroid dienone is 2. The van der Waals surface area contributed by atoms with Gasteiger partial charge in [0, 0.05) is 5.41 Å². The van der Waals surface area contributed by atoms with E-state index in [0.717, 1.165) is 30.4 Å². The summed E-state index contributed by atoms with van der Waals surface area (Å²) >= 11 is 0. The number of hydrogen-bond donors (Lipinski definition) is 0. The van der Waals surface area contributed by atoms with E-state index in [-0.39, 0.29) is 16.9 Å². The molecule has 1 aromatic rings. The minimum Gasteiger partial charge on any atom is -0.410 e. The number of hydrogen-bond acceptors (Lipinski definition) is 2. The molecule has 2 nitrogen and oxygen atoms in total. The Morgan fingerprint density at radius 1 is 0.868 bits per heavy atom. The van der Waals surface area contributed by atoms with Crippen molar-refractivity contribution < 1.29 is 9.22 Å². The Kier molecular flexibility index (Phi) is 7.53. The average Bonchev–Trinajstić information content (AvgIpc) is 3.12. The SMILES string of the molecule is CC(C)[Si](O[C@@H]1C=C2CC[C@@H]3[C@H](CC[C@]4(C)C(=O)C(=Cc5ccccc5)C[C@@H]34)[C@@]2(C)CC1)(C(C)C)C(C)C. The summed E-state index contributed by atoms with van der Waals surface area (Å²) in [6.07, 6.45) is 13.1. The van der Waals surface area contributed by atoms with Crippen molar-refractivity contribution in [3.63, 3.8) is 0 Å². The zero-order valence-electron chi connectivity index (χ0n) is 25.3. The number of benzene rings is 1. The maximum atomic E-state index is 13.8. The van der Waals surface area contributed by atoms with Crippen molar-refractivity contribution in [1.29, 1.82) is 0 Å². The second-order valence-electron chi connectivity index (χ2n) is 14.6. The zero-order valence-corrected chi connectivity index (χ0v) is 26.3. The van der Waals surface area contributed by atoms with E-state index in [1.807, 2.05) is 0 Å². The Bertz CT molecular complexity index is 1080. The van der Waals surface area contributed by atoms with Gasteiger partial charge < -0.3 is 4.43 Å². The summed E-state index contributed by atoms with van der Waals surface area (Å²) in [5, 5.41) is 0. The normalized spacial score (nSPS) is 36.4. The van der Waals surface area contributed by atoms with Gasteiger partial charge >= 0.3 is 0 Å². The van der Waals surface area contributed by atoms with Crippen LogP contribution in [0.2, 0.25) is 16.6 Å². The zero-order chi connectivity index (χ0) is 27.5. The minimum absolute atomic E-state index is 0.170. The number of carbonyl (C=O) groups excluding carboxylic acids is 1. The molecule has 0 amide bonds. The Hall–Kier alpha value is -1.45. The summed E-state index contributed by atoms with van der Waals surface area (Å²) in [5.41, 5.74) is 5.90. The first kappa shape index (κ1) is 28.1. The lowest BCUT2D eigenvalue weighted by Crippen LogP contribution is -2.53. The highest BCUT2D eigenvalue weighted by molar-refractivity contribution is 6.77. The molecular weight excluding hydrogens is 480 g/mol. The molecule has 0 heterocycles. The maximum absolute atomic E-state index is 13.8. The fourth-order valence-corrected chi connectivity index (χ4v) is 15.5. The van der Waals surface area contributed by atoms with Crippen molar-refractivity contribution in [2.24, 2.45) is 28.6 Å². The van der Waals surface area contributed by atoms with Crippen LogP contribution in [0.25, 0.3) is 6.08 Å². The van der Waals surface area contributed by atoms with Crippen LogP contribution in [-0.4, -0.2) is 20.2 Å². The van der Waals surface area contributed by atoms with Gasteiger partial charge in [-0.25, -0.2) is 0 Å². The molecule has 0 radical (unpaired) electrons. The minimum atomic E-state index is -1.89. The number of Topliss-reactive ketones (excluding diaryl/α,β-unsaturated/α-hetero) is 1. The number of ketones is 1. The fraction of sp³-hybridized carbons (Fsp3) is 0.686. The molecule has 38 heavy (non-hydrogen) atoms. The lowest BCUT2D eigenvalue weighted by atomic mass is 9.47. The second-order valence-corrected chi connectivity index (χ2v) is 20.0. The molecule has 6 atom stereocenters. The highest BCUT2D eigenvalue weighted by Gasteiger charge is 2.60. The van der Waals surface area contributed by atoms with Gasteiger partial charge in [0.05, 0.1) is 6.10 Å². The Balaban J connectivity index is 1.39. The van der Waals surface area contributed by atoms with Crippen LogP contribution in [0.1, 0.15) is 106 Å². The third kappa shape index (κ3) is 4.35. The van der Waals surface area contributed by atoms with E-state index in [9.17, 15) is 4.79 Å².